The molecule has 0 fully saturated rings. The Morgan fingerprint density at radius 1 is 0.367 bits per heavy atom. The number of allylic oxidation sites excluding steroid dienone is 2. The SMILES string of the molecule is CCCCCCCCCC/C=C\CCCCCCCCCCCCCC(=O)OC(CO)COC(=O)CCCCCCCCCCCCCCCCCCCCCCCCC. The minimum atomic E-state index is -0.767. The zero-order chi connectivity index (χ0) is 43.5. The van der Waals surface area contributed by atoms with Crippen molar-refractivity contribution >= 4 is 11.9 Å². The molecule has 5 nitrogen and oxygen atoms in total. The minimum absolute atomic E-state index is 0.0587. The van der Waals surface area contributed by atoms with Gasteiger partial charge in [-0.25, -0.2) is 0 Å². The highest BCUT2D eigenvalue weighted by molar-refractivity contribution is 5.70. The van der Waals surface area contributed by atoms with Crippen LogP contribution in [0.3, 0.4) is 0 Å². The molecule has 0 bridgehead atoms. The Morgan fingerprint density at radius 2 is 0.617 bits per heavy atom. The molecule has 0 saturated carbocycles. The number of unbranched alkanes of at least 4 members (excludes halogenated alkanes) is 41. The smallest absolute Gasteiger partial charge is 0.306 e. The summed E-state index contributed by atoms with van der Waals surface area (Å²) in [5.74, 6) is -0.570. The first-order chi connectivity index (χ1) is 29.6. The van der Waals surface area contributed by atoms with Gasteiger partial charge in [-0.1, -0.05) is 270 Å². The largest absolute Gasteiger partial charge is 0.462 e. The van der Waals surface area contributed by atoms with Crippen LogP contribution in [0, 0.1) is 0 Å². The van der Waals surface area contributed by atoms with Crippen LogP contribution in [0.25, 0.3) is 0 Å². The number of carbonyl (C=O) groups excluding carboxylic acids is 2. The van der Waals surface area contributed by atoms with Gasteiger partial charge in [-0.05, 0) is 38.5 Å². The van der Waals surface area contributed by atoms with Crippen LogP contribution in [0.5, 0.6) is 0 Å². The molecule has 0 aliphatic rings. The predicted molar refractivity (Wildman–Crippen MR) is 261 cm³/mol. The summed E-state index contributed by atoms with van der Waals surface area (Å²) in [5.41, 5.74) is 0. The van der Waals surface area contributed by atoms with Gasteiger partial charge in [-0.3, -0.25) is 9.59 Å². The maximum atomic E-state index is 12.3. The monoisotopic (exact) mass is 847 g/mol. The Labute approximate surface area is 375 Å². The fourth-order valence-electron chi connectivity index (χ4n) is 8.44. The fraction of sp³-hybridized carbons (Fsp3) is 0.927. The molecule has 0 aliphatic carbocycles. The molecule has 0 aromatic carbocycles. The van der Waals surface area contributed by atoms with Crippen molar-refractivity contribution in [1.82, 2.24) is 0 Å². The van der Waals surface area contributed by atoms with Gasteiger partial charge in [0.1, 0.15) is 6.61 Å². The maximum absolute atomic E-state index is 12.3. The molecule has 60 heavy (non-hydrogen) atoms. The minimum Gasteiger partial charge on any atom is -0.462 e. The van der Waals surface area contributed by atoms with Crippen molar-refractivity contribution in [2.75, 3.05) is 13.2 Å². The number of carbonyl (C=O) groups is 2. The third-order valence-electron chi connectivity index (χ3n) is 12.6. The van der Waals surface area contributed by atoms with Crippen LogP contribution in [-0.4, -0.2) is 36.4 Å². The normalized spacial score (nSPS) is 12.1. The molecule has 0 aliphatic heterocycles. The zero-order valence-electron chi connectivity index (χ0n) is 40.8. The zero-order valence-corrected chi connectivity index (χ0v) is 40.8. The van der Waals surface area contributed by atoms with Crippen LogP contribution < -0.4 is 0 Å². The lowest BCUT2D eigenvalue weighted by molar-refractivity contribution is -0.161. The molecule has 0 heterocycles. The van der Waals surface area contributed by atoms with Gasteiger partial charge in [0, 0.05) is 12.8 Å². The molecule has 0 spiro atoms. The van der Waals surface area contributed by atoms with Crippen molar-refractivity contribution in [2.45, 2.75) is 315 Å². The van der Waals surface area contributed by atoms with Crippen molar-refractivity contribution in [1.29, 1.82) is 0 Å². The summed E-state index contributed by atoms with van der Waals surface area (Å²) in [6.07, 6.45) is 63.2. The van der Waals surface area contributed by atoms with Crippen LogP contribution in [0.4, 0.5) is 0 Å². The van der Waals surface area contributed by atoms with E-state index in [4.69, 9.17) is 9.47 Å². The second kappa shape index (κ2) is 52.0. The molecule has 5 heteroatoms. The standard InChI is InChI=1S/C55H106O5/c1-3-5-7-9-11-13-15-17-19-21-23-25-27-29-31-33-35-37-39-41-43-45-47-49-54(57)59-52-53(51-56)60-55(58)50-48-46-44-42-40-38-36-34-32-30-28-26-24-22-20-18-16-14-12-10-8-6-4-2/h22,24,53,56H,3-21,23,25-52H2,1-2H3/b24-22-. The molecule has 0 radical (unpaired) electrons. The van der Waals surface area contributed by atoms with Gasteiger partial charge in [0.25, 0.3) is 0 Å². The quantitative estimate of drug-likeness (QED) is 0.0375. The fourth-order valence-corrected chi connectivity index (χ4v) is 8.44. The van der Waals surface area contributed by atoms with Gasteiger partial charge in [0.2, 0.25) is 0 Å². The third kappa shape index (κ3) is 49.3. The van der Waals surface area contributed by atoms with E-state index in [0.29, 0.717) is 12.8 Å². The second-order valence-corrected chi connectivity index (χ2v) is 18.7. The molecular weight excluding hydrogens is 741 g/mol. The number of esters is 2. The molecule has 1 unspecified atom stereocenters. The van der Waals surface area contributed by atoms with Crippen LogP contribution in [-0.2, 0) is 19.1 Å². The first-order valence-electron chi connectivity index (χ1n) is 27.2. The van der Waals surface area contributed by atoms with Gasteiger partial charge in [-0.2, -0.15) is 0 Å². The first-order valence-corrected chi connectivity index (χ1v) is 27.2. The predicted octanol–water partition coefficient (Wildman–Crippen LogP) is 18.0. The van der Waals surface area contributed by atoms with Gasteiger partial charge in [0.05, 0.1) is 6.61 Å². The lowest BCUT2D eigenvalue weighted by Gasteiger charge is -2.15. The van der Waals surface area contributed by atoms with Crippen LogP contribution in [0.2, 0.25) is 0 Å². The first kappa shape index (κ1) is 58.6. The Morgan fingerprint density at radius 3 is 0.900 bits per heavy atom. The average molecular weight is 847 g/mol. The summed E-state index contributed by atoms with van der Waals surface area (Å²) in [6.45, 7) is 4.19. The average Bonchev–Trinajstić information content (AvgIpc) is 3.25. The summed E-state index contributed by atoms with van der Waals surface area (Å²) >= 11 is 0. The molecule has 356 valence electrons. The van der Waals surface area contributed by atoms with Crippen LogP contribution >= 0.6 is 0 Å². The molecule has 0 aromatic heterocycles. The Bertz CT molecular complexity index is 871. The second-order valence-electron chi connectivity index (χ2n) is 18.7. The topological polar surface area (TPSA) is 72.8 Å². The number of hydrogen-bond acceptors (Lipinski definition) is 5. The van der Waals surface area contributed by atoms with E-state index in [1.165, 1.54) is 250 Å². The molecular formula is C55H106O5. The van der Waals surface area contributed by atoms with Gasteiger partial charge in [0.15, 0.2) is 6.10 Å². The summed E-state index contributed by atoms with van der Waals surface area (Å²) in [5, 5.41) is 9.64. The van der Waals surface area contributed by atoms with Gasteiger partial charge >= 0.3 is 11.9 Å². The highest BCUT2D eigenvalue weighted by Crippen LogP contribution is 2.17. The van der Waals surface area contributed by atoms with E-state index in [2.05, 4.69) is 26.0 Å². The van der Waals surface area contributed by atoms with Crippen LogP contribution in [0.1, 0.15) is 309 Å². The third-order valence-corrected chi connectivity index (χ3v) is 12.6. The summed E-state index contributed by atoms with van der Waals surface area (Å²) < 4.78 is 10.7. The molecule has 0 amide bonds. The van der Waals surface area contributed by atoms with Gasteiger partial charge < -0.3 is 14.6 Å². The van der Waals surface area contributed by atoms with E-state index in [9.17, 15) is 14.7 Å². The van der Waals surface area contributed by atoms with Crippen molar-refractivity contribution in [3.8, 4) is 0 Å². The summed E-state index contributed by atoms with van der Waals surface area (Å²) in [7, 11) is 0. The van der Waals surface area contributed by atoms with Crippen molar-refractivity contribution < 1.29 is 24.2 Å². The highest BCUT2D eigenvalue weighted by atomic mass is 16.6. The Kier molecular flexibility index (Phi) is 50.8. The van der Waals surface area contributed by atoms with E-state index in [-0.39, 0.29) is 25.2 Å². The lowest BCUT2D eigenvalue weighted by Crippen LogP contribution is -2.28. The number of ether oxygens (including phenoxy) is 2. The molecule has 1 N–H and O–H groups in total. The summed E-state index contributed by atoms with van der Waals surface area (Å²) in [4.78, 5) is 24.5. The Hall–Kier alpha value is -1.36. The number of aliphatic hydroxyl groups is 1. The van der Waals surface area contributed by atoms with E-state index in [1.807, 2.05) is 0 Å². The molecule has 0 saturated heterocycles. The van der Waals surface area contributed by atoms with E-state index < -0.39 is 6.10 Å². The molecule has 1 atom stereocenters. The molecule has 0 aromatic rings. The van der Waals surface area contributed by atoms with E-state index in [1.54, 1.807) is 0 Å². The van der Waals surface area contributed by atoms with E-state index >= 15 is 0 Å². The van der Waals surface area contributed by atoms with E-state index in [0.717, 1.165) is 32.1 Å². The lowest BCUT2D eigenvalue weighted by atomic mass is 10.0. The molecule has 0 rings (SSSR count). The Balaban J connectivity index is 3.43. The number of aliphatic hydroxyl groups excluding tert-OH is 1. The maximum Gasteiger partial charge on any atom is 0.306 e. The van der Waals surface area contributed by atoms with Crippen molar-refractivity contribution in [3.05, 3.63) is 12.2 Å². The van der Waals surface area contributed by atoms with Crippen LogP contribution in [0.15, 0.2) is 12.2 Å². The number of rotatable bonds is 51. The summed E-state index contributed by atoms with van der Waals surface area (Å²) in [6, 6.07) is 0. The highest BCUT2D eigenvalue weighted by Gasteiger charge is 2.16. The van der Waals surface area contributed by atoms with Crippen molar-refractivity contribution in [3.63, 3.8) is 0 Å². The van der Waals surface area contributed by atoms with Gasteiger partial charge in [-0.15, -0.1) is 0 Å². The van der Waals surface area contributed by atoms with Crippen molar-refractivity contribution in [2.24, 2.45) is 0 Å². The number of hydrogen-bond donors (Lipinski definition) is 1.